The van der Waals surface area contributed by atoms with Gasteiger partial charge in [-0.15, -0.1) is 0 Å². The van der Waals surface area contributed by atoms with E-state index in [0.29, 0.717) is 0 Å². The lowest BCUT2D eigenvalue weighted by atomic mass is 9.77. The van der Waals surface area contributed by atoms with Crippen LogP contribution in [0, 0.1) is 0 Å². The fourth-order valence-corrected chi connectivity index (χ4v) is 2.09. The highest BCUT2D eigenvalue weighted by Gasteiger charge is 2.39. The van der Waals surface area contributed by atoms with Gasteiger partial charge in [0.25, 0.3) is 0 Å². The summed E-state index contributed by atoms with van der Waals surface area (Å²) in [5.74, 6) is -2.73. The molecule has 19 heavy (non-hydrogen) atoms. The number of carbonyl (C=O) groups is 3. The molecule has 0 aromatic heterocycles. The van der Waals surface area contributed by atoms with Crippen LogP contribution in [0.5, 0.6) is 0 Å². The van der Waals surface area contributed by atoms with Gasteiger partial charge in [-0.3, -0.25) is 9.59 Å². The van der Waals surface area contributed by atoms with Gasteiger partial charge >= 0.3 is 11.9 Å². The Morgan fingerprint density at radius 3 is 2.32 bits per heavy atom. The zero-order chi connectivity index (χ0) is 14.5. The van der Waals surface area contributed by atoms with Crippen molar-refractivity contribution >= 4 is 17.8 Å². The van der Waals surface area contributed by atoms with Gasteiger partial charge in [0.2, 0.25) is 5.91 Å². The lowest BCUT2D eigenvalue weighted by molar-refractivity contribution is -0.145. The zero-order valence-electron chi connectivity index (χ0n) is 10.8. The molecule has 1 amide bonds. The minimum atomic E-state index is -1.23. The molecule has 1 unspecified atom stereocenters. The standard InChI is InChI=1S/C12H19NO6/c1-19-12(5-2-6-12)7-9(14)13-8(11(17)18)3-4-10(15)16/h8H,2-7H2,1H3,(H,13,14)(H,15,16)(H,17,18). The molecule has 0 saturated heterocycles. The first-order valence-corrected chi connectivity index (χ1v) is 6.18. The van der Waals surface area contributed by atoms with E-state index in [2.05, 4.69) is 5.32 Å². The van der Waals surface area contributed by atoms with E-state index < -0.39 is 29.5 Å². The van der Waals surface area contributed by atoms with Crippen LogP contribution in [0.15, 0.2) is 0 Å². The Morgan fingerprint density at radius 2 is 1.95 bits per heavy atom. The van der Waals surface area contributed by atoms with Crippen molar-refractivity contribution in [2.75, 3.05) is 7.11 Å². The molecule has 0 aromatic carbocycles. The molecule has 0 radical (unpaired) electrons. The number of hydrogen-bond donors (Lipinski definition) is 3. The molecule has 1 aliphatic carbocycles. The van der Waals surface area contributed by atoms with Gasteiger partial charge in [0, 0.05) is 13.5 Å². The summed E-state index contributed by atoms with van der Waals surface area (Å²) in [5, 5.41) is 19.8. The third kappa shape index (κ3) is 4.51. The summed E-state index contributed by atoms with van der Waals surface area (Å²) in [7, 11) is 1.53. The normalized spacial score (nSPS) is 18.2. The predicted octanol–water partition coefficient (Wildman–Crippen LogP) is 0.380. The molecule has 108 valence electrons. The monoisotopic (exact) mass is 273 g/mol. The Morgan fingerprint density at radius 1 is 1.32 bits per heavy atom. The maximum absolute atomic E-state index is 11.8. The third-order valence-corrected chi connectivity index (χ3v) is 3.46. The van der Waals surface area contributed by atoms with Gasteiger partial charge in [-0.1, -0.05) is 0 Å². The lowest BCUT2D eigenvalue weighted by Crippen LogP contribution is -2.47. The second kappa shape index (κ2) is 6.51. The van der Waals surface area contributed by atoms with Crippen LogP contribution in [-0.2, 0) is 19.1 Å². The molecule has 0 heterocycles. The van der Waals surface area contributed by atoms with E-state index in [9.17, 15) is 14.4 Å². The molecule has 1 rings (SSSR count). The molecule has 1 saturated carbocycles. The number of nitrogens with one attached hydrogen (secondary N) is 1. The van der Waals surface area contributed by atoms with Gasteiger partial charge in [-0.25, -0.2) is 4.79 Å². The van der Waals surface area contributed by atoms with Crippen molar-refractivity contribution in [2.45, 2.75) is 50.2 Å². The summed E-state index contributed by atoms with van der Waals surface area (Å²) in [6.45, 7) is 0. The molecular formula is C12H19NO6. The first-order chi connectivity index (χ1) is 8.88. The molecule has 7 heteroatoms. The highest BCUT2D eigenvalue weighted by molar-refractivity contribution is 5.84. The highest BCUT2D eigenvalue weighted by Crippen LogP contribution is 2.37. The molecule has 7 nitrogen and oxygen atoms in total. The van der Waals surface area contributed by atoms with E-state index in [1.54, 1.807) is 0 Å². The number of carboxylic acid groups (broad SMARTS) is 2. The predicted molar refractivity (Wildman–Crippen MR) is 64.6 cm³/mol. The van der Waals surface area contributed by atoms with Gasteiger partial charge in [0.1, 0.15) is 6.04 Å². The van der Waals surface area contributed by atoms with E-state index in [0.717, 1.165) is 19.3 Å². The first kappa shape index (κ1) is 15.4. The van der Waals surface area contributed by atoms with Crippen LogP contribution in [0.3, 0.4) is 0 Å². The average molecular weight is 273 g/mol. The minimum Gasteiger partial charge on any atom is -0.481 e. The quantitative estimate of drug-likeness (QED) is 0.589. The van der Waals surface area contributed by atoms with E-state index >= 15 is 0 Å². The minimum absolute atomic E-state index is 0.111. The van der Waals surface area contributed by atoms with Crippen LogP contribution in [0.1, 0.15) is 38.5 Å². The number of rotatable bonds is 8. The Bertz CT molecular complexity index is 358. The van der Waals surface area contributed by atoms with E-state index in [4.69, 9.17) is 14.9 Å². The van der Waals surface area contributed by atoms with Crippen molar-refractivity contribution < 1.29 is 29.3 Å². The van der Waals surface area contributed by atoms with Crippen molar-refractivity contribution in [3.8, 4) is 0 Å². The van der Waals surface area contributed by atoms with E-state index in [-0.39, 0.29) is 19.3 Å². The van der Waals surface area contributed by atoms with Crippen LogP contribution >= 0.6 is 0 Å². The summed E-state index contributed by atoms with van der Waals surface area (Å²) in [4.78, 5) is 33.1. The Balaban J connectivity index is 2.47. The van der Waals surface area contributed by atoms with Crippen molar-refractivity contribution in [1.82, 2.24) is 5.32 Å². The molecule has 1 atom stereocenters. The Kier molecular flexibility index (Phi) is 5.29. The molecule has 0 aromatic rings. The van der Waals surface area contributed by atoms with Gasteiger partial charge < -0.3 is 20.3 Å². The van der Waals surface area contributed by atoms with E-state index in [1.165, 1.54) is 7.11 Å². The van der Waals surface area contributed by atoms with Crippen molar-refractivity contribution in [1.29, 1.82) is 0 Å². The largest absolute Gasteiger partial charge is 0.481 e. The van der Waals surface area contributed by atoms with Crippen LogP contribution in [0.25, 0.3) is 0 Å². The number of ether oxygens (including phenoxy) is 1. The summed E-state index contributed by atoms with van der Waals surface area (Å²) in [5.41, 5.74) is -0.472. The van der Waals surface area contributed by atoms with Gasteiger partial charge in [0.15, 0.2) is 0 Å². The summed E-state index contributed by atoms with van der Waals surface area (Å²) >= 11 is 0. The first-order valence-electron chi connectivity index (χ1n) is 6.18. The topological polar surface area (TPSA) is 113 Å². The number of hydrogen-bond acceptors (Lipinski definition) is 4. The van der Waals surface area contributed by atoms with Crippen molar-refractivity contribution in [3.05, 3.63) is 0 Å². The molecule has 1 fully saturated rings. The zero-order valence-corrected chi connectivity index (χ0v) is 10.8. The van der Waals surface area contributed by atoms with Crippen LogP contribution in [0.4, 0.5) is 0 Å². The van der Waals surface area contributed by atoms with Gasteiger partial charge in [0.05, 0.1) is 12.0 Å². The van der Waals surface area contributed by atoms with Crippen molar-refractivity contribution in [2.24, 2.45) is 0 Å². The number of carboxylic acids is 2. The Hall–Kier alpha value is -1.63. The second-order valence-electron chi connectivity index (χ2n) is 4.81. The Labute approximate surface area is 110 Å². The third-order valence-electron chi connectivity index (χ3n) is 3.46. The molecule has 1 aliphatic rings. The molecular weight excluding hydrogens is 254 g/mol. The fraction of sp³-hybridized carbons (Fsp3) is 0.750. The second-order valence-corrected chi connectivity index (χ2v) is 4.81. The van der Waals surface area contributed by atoms with Gasteiger partial charge in [-0.2, -0.15) is 0 Å². The highest BCUT2D eigenvalue weighted by atomic mass is 16.5. The van der Waals surface area contributed by atoms with E-state index in [1.807, 2.05) is 0 Å². The molecule has 3 N–H and O–H groups in total. The van der Waals surface area contributed by atoms with Crippen LogP contribution in [-0.4, -0.2) is 46.8 Å². The maximum atomic E-state index is 11.8. The number of methoxy groups -OCH3 is 1. The van der Waals surface area contributed by atoms with Gasteiger partial charge in [-0.05, 0) is 25.7 Å². The smallest absolute Gasteiger partial charge is 0.326 e. The van der Waals surface area contributed by atoms with Crippen LogP contribution in [0.2, 0.25) is 0 Å². The maximum Gasteiger partial charge on any atom is 0.326 e. The molecule has 0 bridgehead atoms. The lowest BCUT2D eigenvalue weighted by Gasteiger charge is -2.40. The fourth-order valence-electron chi connectivity index (χ4n) is 2.09. The number of amides is 1. The molecule has 0 spiro atoms. The summed E-state index contributed by atoms with van der Waals surface area (Å²) < 4.78 is 5.28. The summed E-state index contributed by atoms with van der Waals surface area (Å²) in [6, 6.07) is -1.17. The average Bonchev–Trinajstić information content (AvgIpc) is 2.28. The van der Waals surface area contributed by atoms with Crippen LogP contribution < -0.4 is 5.32 Å². The summed E-state index contributed by atoms with van der Waals surface area (Å²) in [6.07, 6.45) is 2.24. The SMILES string of the molecule is COC1(CC(=O)NC(CCC(=O)O)C(=O)O)CCC1. The molecule has 0 aliphatic heterocycles. The number of carbonyl (C=O) groups excluding carboxylic acids is 1. The number of aliphatic carboxylic acids is 2. The van der Waals surface area contributed by atoms with Crippen molar-refractivity contribution in [3.63, 3.8) is 0 Å².